The topological polar surface area (TPSA) is 104 Å². The Balaban J connectivity index is 1.64. The second-order valence-electron chi connectivity index (χ2n) is 5.11. The van der Waals surface area contributed by atoms with Gasteiger partial charge in [0.05, 0.1) is 11.0 Å². The number of carboxylic acid groups (broad SMARTS) is 1. The number of fused-ring (bicyclic) bond motifs is 1. The van der Waals surface area contributed by atoms with E-state index in [0.717, 1.165) is 22.4 Å². The van der Waals surface area contributed by atoms with Crippen LogP contribution >= 0.6 is 0 Å². The highest BCUT2D eigenvalue weighted by molar-refractivity contribution is 5.92. The second-order valence-corrected chi connectivity index (χ2v) is 5.11. The number of anilines is 1. The fourth-order valence-electron chi connectivity index (χ4n) is 2.23. The first-order valence-electron chi connectivity index (χ1n) is 7.26. The second kappa shape index (κ2) is 6.93. The number of benzene rings is 2. The van der Waals surface area contributed by atoms with Gasteiger partial charge < -0.3 is 20.1 Å². The van der Waals surface area contributed by atoms with Gasteiger partial charge in [-0.15, -0.1) is 0 Å². The quantitative estimate of drug-likeness (QED) is 0.645. The van der Waals surface area contributed by atoms with Gasteiger partial charge in [-0.2, -0.15) is 0 Å². The average Bonchev–Trinajstić information content (AvgIpc) is 2.99. The van der Waals surface area contributed by atoms with E-state index in [0.29, 0.717) is 5.69 Å². The first-order chi connectivity index (χ1) is 11.6. The van der Waals surface area contributed by atoms with Gasteiger partial charge >= 0.3 is 5.97 Å². The lowest BCUT2D eigenvalue weighted by Crippen LogP contribution is -2.20. The number of amides is 1. The van der Waals surface area contributed by atoms with Gasteiger partial charge in [-0.1, -0.05) is 12.1 Å². The van der Waals surface area contributed by atoms with Crippen LogP contribution in [0.25, 0.3) is 22.4 Å². The number of rotatable bonds is 6. The minimum Gasteiger partial charge on any atom is -0.480 e. The number of ether oxygens (including phenoxy) is 1. The molecule has 1 heterocycles. The zero-order valence-corrected chi connectivity index (χ0v) is 12.7. The molecular weight excluding hydrogens is 310 g/mol. The smallest absolute Gasteiger partial charge is 0.329 e. The molecule has 122 valence electrons. The Bertz CT molecular complexity index is 838. The van der Waals surface area contributed by atoms with Crippen molar-refractivity contribution < 1.29 is 19.4 Å². The molecule has 0 saturated heterocycles. The molecule has 3 aromatic rings. The summed E-state index contributed by atoms with van der Waals surface area (Å²) < 4.78 is 4.73. The van der Waals surface area contributed by atoms with E-state index < -0.39 is 18.5 Å². The number of hydrogen-bond acceptors (Lipinski definition) is 4. The van der Waals surface area contributed by atoms with Gasteiger partial charge in [0, 0.05) is 11.3 Å². The summed E-state index contributed by atoms with van der Waals surface area (Å²) in [5, 5.41) is 11.1. The molecule has 7 heteroatoms. The molecule has 3 N–H and O–H groups in total. The highest BCUT2D eigenvalue weighted by atomic mass is 16.5. The van der Waals surface area contributed by atoms with Crippen molar-refractivity contribution >= 4 is 28.6 Å². The van der Waals surface area contributed by atoms with Crippen LogP contribution in [0.3, 0.4) is 0 Å². The molecule has 3 rings (SSSR count). The molecule has 0 unspecified atom stereocenters. The van der Waals surface area contributed by atoms with E-state index in [2.05, 4.69) is 15.3 Å². The van der Waals surface area contributed by atoms with Gasteiger partial charge in [0.2, 0.25) is 5.91 Å². The van der Waals surface area contributed by atoms with Crippen molar-refractivity contribution in [3.8, 4) is 11.4 Å². The Hall–Kier alpha value is -3.19. The number of carbonyl (C=O) groups is 2. The predicted octanol–water partition coefficient (Wildman–Crippen LogP) is 2.27. The van der Waals surface area contributed by atoms with Crippen molar-refractivity contribution in [1.29, 1.82) is 0 Å². The van der Waals surface area contributed by atoms with Crippen LogP contribution in [0.4, 0.5) is 5.69 Å². The van der Waals surface area contributed by atoms with E-state index in [1.165, 1.54) is 0 Å². The molecule has 0 aliphatic heterocycles. The fraction of sp³-hybridized carbons (Fsp3) is 0.118. The summed E-state index contributed by atoms with van der Waals surface area (Å²) in [6.07, 6.45) is 0. The average molecular weight is 325 g/mol. The van der Waals surface area contributed by atoms with Crippen molar-refractivity contribution in [3.05, 3.63) is 48.5 Å². The Morgan fingerprint density at radius 3 is 2.54 bits per heavy atom. The van der Waals surface area contributed by atoms with Crippen LogP contribution in [0.1, 0.15) is 0 Å². The fourth-order valence-corrected chi connectivity index (χ4v) is 2.23. The summed E-state index contributed by atoms with van der Waals surface area (Å²) >= 11 is 0. The van der Waals surface area contributed by atoms with Crippen LogP contribution in [0.5, 0.6) is 0 Å². The number of H-pyrrole nitrogens is 1. The maximum absolute atomic E-state index is 11.6. The van der Waals surface area contributed by atoms with Gasteiger partial charge in [-0.05, 0) is 36.4 Å². The molecule has 0 saturated carbocycles. The summed E-state index contributed by atoms with van der Waals surface area (Å²) in [6.45, 7) is -0.809. The number of carboxylic acids is 1. The SMILES string of the molecule is O=C(O)COCC(=O)Nc1ccc(-c2nc3ccccc3[nH]2)cc1. The first kappa shape index (κ1) is 15.7. The van der Waals surface area contributed by atoms with Crippen molar-refractivity contribution in [3.63, 3.8) is 0 Å². The third-order valence-corrected chi connectivity index (χ3v) is 3.29. The molecular formula is C17H15N3O4. The monoisotopic (exact) mass is 325 g/mol. The number of nitrogens with zero attached hydrogens (tertiary/aromatic N) is 1. The van der Waals surface area contributed by atoms with E-state index in [4.69, 9.17) is 9.84 Å². The largest absolute Gasteiger partial charge is 0.480 e. The van der Waals surface area contributed by atoms with Crippen molar-refractivity contribution in [2.75, 3.05) is 18.5 Å². The Kier molecular flexibility index (Phi) is 4.53. The molecule has 0 aliphatic carbocycles. The molecule has 2 aromatic carbocycles. The van der Waals surface area contributed by atoms with E-state index in [1.807, 2.05) is 36.4 Å². The van der Waals surface area contributed by atoms with Gasteiger partial charge in [0.15, 0.2) is 0 Å². The van der Waals surface area contributed by atoms with E-state index in [-0.39, 0.29) is 6.61 Å². The summed E-state index contributed by atoms with van der Waals surface area (Å²) in [7, 11) is 0. The predicted molar refractivity (Wildman–Crippen MR) is 88.6 cm³/mol. The summed E-state index contributed by atoms with van der Waals surface area (Å²) in [4.78, 5) is 29.7. The number of aromatic amines is 1. The molecule has 1 amide bonds. The minimum atomic E-state index is -1.11. The molecule has 0 aliphatic rings. The van der Waals surface area contributed by atoms with Crippen LogP contribution in [-0.4, -0.2) is 40.2 Å². The van der Waals surface area contributed by atoms with Crippen LogP contribution in [0, 0.1) is 0 Å². The maximum Gasteiger partial charge on any atom is 0.329 e. The summed E-state index contributed by atoms with van der Waals surface area (Å²) in [5.74, 6) is -0.774. The Morgan fingerprint density at radius 1 is 1.08 bits per heavy atom. The number of hydrogen-bond donors (Lipinski definition) is 3. The highest BCUT2D eigenvalue weighted by Gasteiger charge is 2.07. The van der Waals surface area contributed by atoms with Crippen molar-refractivity contribution in [2.24, 2.45) is 0 Å². The molecule has 7 nitrogen and oxygen atoms in total. The van der Waals surface area contributed by atoms with Gasteiger partial charge in [-0.3, -0.25) is 4.79 Å². The van der Waals surface area contributed by atoms with Crippen LogP contribution < -0.4 is 5.32 Å². The van der Waals surface area contributed by atoms with E-state index in [1.54, 1.807) is 12.1 Å². The minimum absolute atomic E-state index is 0.308. The standard InChI is InChI=1S/C17H15N3O4/c21-15(9-24-10-16(22)23)18-12-7-5-11(6-8-12)17-19-13-3-1-2-4-14(13)20-17/h1-8H,9-10H2,(H,18,21)(H,19,20)(H,22,23). The number of imidazole rings is 1. The molecule has 24 heavy (non-hydrogen) atoms. The van der Waals surface area contributed by atoms with Gasteiger partial charge in [0.1, 0.15) is 19.0 Å². The zero-order chi connectivity index (χ0) is 16.9. The molecule has 0 radical (unpaired) electrons. The molecule has 0 spiro atoms. The van der Waals surface area contributed by atoms with Crippen LogP contribution in [0.15, 0.2) is 48.5 Å². The maximum atomic E-state index is 11.6. The number of para-hydroxylation sites is 2. The van der Waals surface area contributed by atoms with Crippen molar-refractivity contribution in [1.82, 2.24) is 9.97 Å². The first-order valence-corrected chi connectivity index (χ1v) is 7.26. The lowest BCUT2D eigenvalue weighted by atomic mass is 10.2. The molecule has 0 bridgehead atoms. The van der Waals surface area contributed by atoms with E-state index >= 15 is 0 Å². The lowest BCUT2D eigenvalue weighted by Gasteiger charge is -2.06. The summed E-state index contributed by atoms with van der Waals surface area (Å²) in [6, 6.07) is 14.9. The lowest BCUT2D eigenvalue weighted by molar-refractivity contribution is -0.143. The number of aliphatic carboxylic acids is 1. The molecule has 0 fully saturated rings. The summed E-state index contributed by atoms with van der Waals surface area (Å²) in [5.41, 5.74) is 3.34. The van der Waals surface area contributed by atoms with Gasteiger partial charge in [0.25, 0.3) is 0 Å². The molecule has 0 atom stereocenters. The molecule has 1 aromatic heterocycles. The Labute approximate surface area is 137 Å². The van der Waals surface area contributed by atoms with E-state index in [9.17, 15) is 9.59 Å². The normalized spacial score (nSPS) is 10.7. The number of carbonyl (C=O) groups excluding carboxylic acids is 1. The number of nitrogens with one attached hydrogen (secondary N) is 2. The highest BCUT2D eigenvalue weighted by Crippen LogP contribution is 2.21. The van der Waals surface area contributed by atoms with Crippen molar-refractivity contribution in [2.45, 2.75) is 0 Å². The number of aromatic nitrogens is 2. The van der Waals surface area contributed by atoms with Crippen LogP contribution in [-0.2, 0) is 14.3 Å². The zero-order valence-electron chi connectivity index (χ0n) is 12.7. The third kappa shape index (κ3) is 3.76. The van der Waals surface area contributed by atoms with Crippen LogP contribution in [0.2, 0.25) is 0 Å². The van der Waals surface area contributed by atoms with Gasteiger partial charge in [-0.25, -0.2) is 9.78 Å². The Morgan fingerprint density at radius 2 is 1.83 bits per heavy atom. The third-order valence-electron chi connectivity index (χ3n) is 3.29.